The summed E-state index contributed by atoms with van der Waals surface area (Å²) in [6.07, 6.45) is 2.38. The Hall–Kier alpha value is -2.49. The van der Waals surface area contributed by atoms with Gasteiger partial charge in [-0.2, -0.15) is 0 Å². The van der Waals surface area contributed by atoms with Gasteiger partial charge >= 0.3 is 0 Å². The second-order valence-corrected chi connectivity index (χ2v) is 11.1. The van der Waals surface area contributed by atoms with E-state index in [1.165, 1.54) is 12.8 Å². The first-order valence-corrected chi connectivity index (χ1v) is 13.8. The lowest BCUT2D eigenvalue weighted by Crippen LogP contribution is -2.52. The van der Waals surface area contributed by atoms with Gasteiger partial charge in [-0.05, 0) is 56.4 Å². The number of hydrogen-bond acceptors (Lipinski definition) is 7. The molecule has 3 heterocycles. The van der Waals surface area contributed by atoms with Crippen molar-refractivity contribution < 1.29 is 23.9 Å². The number of hydrogen-bond donors (Lipinski definition) is 1. The molecule has 5 rings (SSSR count). The van der Waals surface area contributed by atoms with Gasteiger partial charge in [-0.1, -0.05) is 13.8 Å². The van der Waals surface area contributed by atoms with Crippen molar-refractivity contribution in [1.29, 1.82) is 0 Å². The lowest BCUT2D eigenvalue weighted by atomic mass is 10.0. The number of likely N-dealkylation sites (tertiary alicyclic amines) is 1. The number of nitrogens with one attached hydrogen (secondary N) is 1. The van der Waals surface area contributed by atoms with Crippen LogP contribution in [0.15, 0.2) is 24.3 Å². The number of benzene rings is 1. The number of carbonyl (C=O) groups excluding carboxylic acids is 3. The van der Waals surface area contributed by atoms with Gasteiger partial charge in [-0.15, -0.1) is 0 Å². The Balaban J connectivity index is 1.24. The first-order valence-electron chi connectivity index (χ1n) is 13.8. The second-order valence-electron chi connectivity index (χ2n) is 11.1. The lowest BCUT2D eigenvalue weighted by molar-refractivity contribution is -0.138. The van der Waals surface area contributed by atoms with Crippen LogP contribution in [0.1, 0.15) is 50.4 Å². The van der Waals surface area contributed by atoms with Crippen LogP contribution in [0.25, 0.3) is 0 Å². The van der Waals surface area contributed by atoms with Crippen molar-refractivity contribution in [2.75, 3.05) is 50.8 Å². The highest BCUT2D eigenvalue weighted by Gasteiger charge is 2.53. The summed E-state index contributed by atoms with van der Waals surface area (Å²) in [5.74, 6) is -0.454. The van der Waals surface area contributed by atoms with Gasteiger partial charge in [0.15, 0.2) is 5.78 Å². The molecular formula is C28H40N4O5. The molecule has 0 radical (unpaired) electrons. The lowest BCUT2D eigenvalue weighted by Gasteiger charge is -2.36. The summed E-state index contributed by atoms with van der Waals surface area (Å²) >= 11 is 0. The number of carbonyl (C=O) groups is 3. The number of Topliss-reactive ketones (excluding diaryl/α,β-unsaturated/α-hetero) is 1. The average Bonchev–Trinajstić information content (AvgIpc) is 3.59. The Morgan fingerprint density at radius 3 is 2.43 bits per heavy atom. The van der Waals surface area contributed by atoms with Gasteiger partial charge in [0.05, 0.1) is 6.54 Å². The summed E-state index contributed by atoms with van der Waals surface area (Å²) in [5.41, 5.74) is 1.64. The summed E-state index contributed by atoms with van der Waals surface area (Å²) in [6.45, 7) is 10.8. The molecule has 4 fully saturated rings. The molecule has 2 amide bonds. The van der Waals surface area contributed by atoms with Crippen LogP contribution in [0.3, 0.4) is 0 Å². The van der Waals surface area contributed by atoms with E-state index < -0.39 is 18.2 Å². The zero-order valence-corrected chi connectivity index (χ0v) is 22.2. The summed E-state index contributed by atoms with van der Waals surface area (Å²) in [6, 6.07) is 7.08. The third kappa shape index (κ3) is 5.68. The number of anilines is 1. The molecule has 9 nitrogen and oxygen atoms in total. The molecule has 37 heavy (non-hydrogen) atoms. The van der Waals surface area contributed by atoms with Crippen molar-refractivity contribution in [3.63, 3.8) is 0 Å². The van der Waals surface area contributed by atoms with Crippen LogP contribution < -0.4 is 10.2 Å². The summed E-state index contributed by atoms with van der Waals surface area (Å²) < 4.78 is 11.4. The topological polar surface area (TPSA) is 91.4 Å². The molecule has 202 valence electrons. The minimum atomic E-state index is -0.725. The molecule has 9 heteroatoms. The normalized spacial score (nSPS) is 27.0. The third-order valence-electron chi connectivity index (χ3n) is 7.98. The SMILES string of the molecule is CCO[C@H]1CN(C(=O)C(CC(C)C)NC(=O)c2ccc(N3CCN(C4CC4)CC3)cc2)[C@@H]2C(=O)CO[C@H]12. The van der Waals surface area contributed by atoms with Gasteiger partial charge in [-0.25, -0.2) is 0 Å². The number of fused-ring (bicyclic) bond motifs is 1. The molecule has 4 aliphatic rings. The van der Waals surface area contributed by atoms with Crippen LogP contribution in [0.4, 0.5) is 5.69 Å². The highest BCUT2D eigenvalue weighted by Crippen LogP contribution is 2.31. The van der Waals surface area contributed by atoms with E-state index in [0.717, 1.165) is 37.9 Å². The number of piperazine rings is 1. The van der Waals surface area contributed by atoms with Crippen molar-refractivity contribution in [1.82, 2.24) is 15.1 Å². The Morgan fingerprint density at radius 1 is 1.11 bits per heavy atom. The number of amides is 2. The molecule has 1 N–H and O–H groups in total. The van der Waals surface area contributed by atoms with Crippen LogP contribution in [0.2, 0.25) is 0 Å². The van der Waals surface area contributed by atoms with E-state index in [4.69, 9.17) is 9.47 Å². The van der Waals surface area contributed by atoms with Crippen molar-refractivity contribution >= 4 is 23.3 Å². The van der Waals surface area contributed by atoms with Crippen LogP contribution in [0, 0.1) is 5.92 Å². The van der Waals surface area contributed by atoms with Crippen molar-refractivity contribution in [2.24, 2.45) is 5.92 Å². The van der Waals surface area contributed by atoms with Crippen LogP contribution in [-0.2, 0) is 19.1 Å². The fraction of sp³-hybridized carbons (Fsp3) is 0.679. The average molecular weight is 513 g/mol. The molecule has 1 aliphatic carbocycles. The van der Waals surface area contributed by atoms with Gasteiger partial charge in [0, 0.05) is 50.1 Å². The zero-order valence-electron chi connectivity index (χ0n) is 22.2. The summed E-state index contributed by atoms with van der Waals surface area (Å²) in [5, 5.41) is 2.96. The second kappa shape index (κ2) is 11.1. The van der Waals surface area contributed by atoms with Gasteiger partial charge in [0.1, 0.15) is 30.9 Å². The number of rotatable bonds is 9. The quantitative estimate of drug-likeness (QED) is 0.539. The Labute approximate surface area is 219 Å². The molecule has 4 atom stereocenters. The maximum absolute atomic E-state index is 13.7. The Morgan fingerprint density at radius 2 is 1.81 bits per heavy atom. The number of ether oxygens (including phenoxy) is 2. The summed E-state index contributed by atoms with van der Waals surface area (Å²) in [4.78, 5) is 45.9. The van der Waals surface area contributed by atoms with Crippen molar-refractivity contribution in [3.8, 4) is 0 Å². The Bertz CT molecular complexity index is 987. The van der Waals surface area contributed by atoms with Crippen LogP contribution >= 0.6 is 0 Å². The molecule has 1 unspecified atom stereocenters. The van der Waals surface area contributed by atoms with E-state index in [-0.39, 0.29) is 36.2 Å². The smallest absolute Gasteiger partial charge is 0.251 e. The Kier molecular flexibility index (Phi) is 7.83. The summed E-state index contributed by atoms with van der Waals surface area (Å²) in [7, 11) is 0. The minimum absolute atomic E-state index is 0.00806. The number of nitrogens with zero attached hydrogens (tertiary/aromatic N) is 3. The molecule has 1 saturated carbocycles. The molecular weight excluding hydrogens is 472 g/mol. The van der Waals surface area contributed by atoms with Crippen molar-refractivity contribution in [2.45, 2.75) is 70.4 Å². The predicted molar refractivity (Wildman–Crippen MR) is 140 cm³/mol. The minimum Gasteiger partial charge on any atom is -0.374 e. The largest absolute Gasteiger partial charge is 0.374 e. The highest BCUT2D eigenvalue weighted by atomic mass is 16.6. The van der Waals surface area contributed by atoms with E-state index in [0.29, 0.717) is 25.1 Å². The van der Waals surface area contributed by atoms with E-state index in [9.17, 15) is 14.4 Å². The van der Waals surface area contributed by atoms with Gasteiger partial charge in [-0.3, -0.25) is 19.3 Å². The monoisotopic (exact) mass is 512 g/mol. The van der Waals surface area contributed by atoms with Crippen molar-refractivity contribution in [3.05, 3.63) is 29.8 Å². The fourth-order valence-electron chi connectivity index (χ4n) is 5.94. The first-order chi connectivity index (χ1) is 17.9. The zero-order chi connectivity index (χ0) is 26.1. The van der Waals surface area contributed by atoms with Gasteiger partial charge in [0.2, 0.25) is 5.91 Å². The van der Waals surface area contributed by atoms with E-state index >= 15 is 0 Å². The molecule has 0 bridgehead atoms. The predicted octanol–water partition coefficient (Wildman–Crippen LogP) is 1.70. The maximum atomic E-state index is 13.7. The first kappa shape index (κ1) is 26.1. The molecule has 0 spiro atoms. The van der Waals surface area contributed by atoms with Crippen LogP contribution in [-0.4, -0.2) is 104 Å². The van der Waals surface area contributed by atoms with E-state index in [1.807, 2.05) is 45.0 Å². The maximum Gasteiger partial charge on any atom is 0.251 e. The standard InChI is InChI=1S/C28H40N4O5/c1-4-36-24-16-32(25-23(33)17-37-26(24)25)28(35)22(15-18(2)3)29-27(34)19-5-7-20(8-6-19)30-11-13-31(14-12-30)21-9-10-21/h5-8,18,21-22,24-26H,4,9-17H2,1-3H3,(H,29,34)/t22?,24-,25+,26+/m0/s1. The van der Waals surface area contributed by atoms with E-state index in [2.05, 4.69) is 15.1 Å². The fourth-order valence-corrected chi connectivity index (χ4v) is 5.94. The molecule has 1 aromatic carbocycles. The molecule has 3 aliphatic heterocycles. The van der Waals surface area contributed by atoms with Gasteiger partial charge < -0.3 is 24.6 Å². The highest BCUT2D eigenvalue weighted by molar-refractivity contribution is 5.99. The van der Waals surface area contributed by atoms with E-state index in [1.54, 1.807) is 4.90 Å². The van der Waals surface area contributed by atoms with Gasteiger partial charge in [0.25, 0.3) is 5.91 Å². The number of ketones is 1. The molecule has 0 aromatic heterocycles. The van der Waals surface area contributed by atoms with Crippen LogP contribution in [0.5, 0.6) is 0 Å². The molecule has 1 aromatic rings. The third-order valence-corrected chi connectivity index (χ3v) is 7.98. The molecule has 3 saturated heterocycles.